The number of amides is 1. The zero-order valence-electron chi connectivity index (χ0n) is 15.5. The minimum Gasteiger partial charge on any atom is -0.406 e. The number of anilines is 1. The Morgan fingerprint density at radius 1 is 1.10 bits per heavy atom. The molecule has 1 atom stereocenters. The van der Waals surface area contributed by atoms with Crippen molar-refractivity contribution in [2.45, 2.75) is 26.3 Å². The number of nitrogens with zero attached hydrogens (tertiary/aromatic N) is 3. The van der Waals surface area contributed by atoms with Crippen LogP contribution in [0.25, 0.3) is 10.9 Å². The molecule has 0 saturated heterocycles. The second kappa shape index (κ2) is 7.90. The van der Waals surface area contributed by atoms with E-state index < -0.39 is 29.6 Å². The second-order valence-corrected chi connectivity index (χ2v) is 6.61. The van der Waals surface area contributed by atoms with Gasteiger partial charge in [-0.2, -0.15) is 4.68 Å². The third-order valence-corrected chi connectivity index (χ3v) is 4.11. The number of rotatable bonds is 5. The highest BCUT2D eigenvalue weighted by molar-refractivity contribution is 5.94. The molecule has 0 bridgehead atoms. The molecule has 0 spiro atoms. The highest BCUT2D eigenvalue weighted by atomic mass is 19.4. The van der Waals surface area contributed by atoms with Crippen LogP contribution in [0.5, 0.6) is 5.75 Å². The molecular formula is C19H17F3N4O3. The van der Waals surface area contributed by atoms with Crippen molar-refractivity contribution in [1.82, 2.24) is 15.0 Å². The zero-order valence-corrected chi connectivity index (χ0v) is 15.5. The number of hydrogen-bond donors (Lipinski definition) is 1. The van der Waals surface area contributed by atoms with Gasteiger partial charge in [0, 0.05) is 5.69 Å². The van der Waals surface area contributed by atoms with Gasteiger partial charge in [0.1, 0.15) is 17.3 Å². The topological polar surface area (TPSA) is 86.1 Å². The minimum absolute atomic E-state index is 0.247. The summed E-state index contributed by atoms with van der Waals surface area (Å²) >= 11 is 0. The van der Waals surface area contributed by atoms with Crippen molar-refractivity contribution < 1.29 is 22.7 Å². The van der Waals surface area contributed by atoms with Gasteiger partial charge in [-0.3, -0.25) is 9.59 Å². The normalized spacial score (nSPS) is 12.8. The number of benzene rings is 2. The standard InChI is InChI=1S/C19H17F3N4O3/c1-11(2)16(26-18(28)14-5-3-4-6-15(14)24-25-26)17(27)23-12-7-9-13(10-8-12)29-19(20,21)22/h3-11,16H,1-2H3,(H,23,27). The first-order valence-electron chi connectivity index (χ1n) is 8.66. The number of alkyl halides is 3. The van der Waals surface area contributed by atoms with Crippen LogP contribution in [0.2, 0.25) is 0 Å². The monoisotopic (exact) mass is 406 g/mol. The number of carbonyl (C=O) groups is 1. The summed E-state index contributed by atoms with van der Waals surface area (Å²) in [5, 5.41) is 10.8. The van der Waals surface area contributed by atoms with Crippen LogP contribution in [0.3, 0.4) is 0 Å². The van der Waals surface area contributed by atoms with Gasteiger partial charge in [0.15, 0.2) is 0 Å². The van der Waals surface area contributed by atoms with Crippen LogP contribution in [0.15, 0.2) is 53.3 Å². The fraction of sp³-hybridized carbons (Fsp3) is 0.263. The smallest absolute Gasteiger partial charge is 0.406 e. The van der Waals surface area contributed by atoms with E-state index in [-0.39, 0.29) is 11.6 Å². The fourth-order valence-electron chi connectivity index (χ4n) is 2.84. The van der Waals surface area contributed by atoms with Crippen LogP contribution >= 0.6 is 0 Å². The Bertz CT molecular complexity index is 1080. The number of halogens is 3. The maximum atomic E-state index is 12.8. The SMILES string of the molecule is CC(C)C(C(=O)Nc1ccc(OC(F)(F)F)cc1)n1nnc2ccccc2c1=O. The van der Waals surface area contributed by atoms with E-state index in [0.717, 1.165) is 16.8 Å². The Balaban J connectivity index is 1.86. The molecule has 1 amide bonds. The minimum atomic E-state index is -4.80. The van der Waals surface area contributed by atoms with Gasteiger partial charge in [0.05, 0.1) is 5.39 Å². The molecule has 1 N–H and O–H groups in total. The van der Waals surface area contributed by atoms with Gasteiger partial charge in [0.25, 0.3) is 5.56 Å². The van der Waals surface area contributed by atoms with Gasteiger partial charge in [-0.1, -0.05) is 31.2 Å². The molecule has 1 aromatic heterocycles. The van der Waals surface area contributed by atoms with Crippen LogP contribution in [0, 0.1) is 5.92 Å². The molecule has 1 unspecified atom stereocenters. The Kier molecular flexibility index (Phi) is 5.53. The van der Waals surface area contributed by atoms with E-state index in [1.807, 2.05) is 0 Å². The van der Waals surface area contributed by atoms with E-state index in [0.29, 0.717) is 10.9 Å². The van der Waals surface area contributed by atoms with E-state index in [4.69, 9.17) is 0 Å². The average Bonchev–Trinajstić information content (AvgIpc) is 2.64. The number of fused-ring (bicyclic) bond motifs is 1. The lowest BCUT2D eigenvalue weighted by Gasteiger charge is -2.21. The largest absolute Gasteiger partial charge is 0.573 e. The van der Waals surface area contributed by atoms with Crippen molar-refractivity contribution in [1.29, 1.82) is 0 Å². The first-order valence-corrected chi connectivity index (χ1v) is 8.66. The van der Waals surface area contributed by atoms with Crippen LogP contribution < -0.4 is 15.6 Å². The van der Waals surface area contributed by atoms with E-state index in [1.165, 1.54) is 12.1 Å². The Morgan fingerprint density at radius 3 is 2.38 bits per heavy atom. The number of nitrogens with one attached hydrogen (secondary N) is 1. The molecule has 152 valence electrons. The van der Waals surface area contributed by atoms with Crippen LogP contribution in [-0.4, -0.2) is 27.3 Å². The summed E-state index contributed by atoms with van der Waals surface area (Å²) in [5.41, 5.74) is 0.201. The lowest BCUT2D eigenvalue weighted by molar-refractivity contribution is -0.274. The molecule has 0 radical (unpaired) electrons. The van der Waals surface area contributed by atoms with Crippen molar-refractivity contribution in [3.8, 4) is 5.75 Å². The molecule has 0 aliphatic heterocycles. The van der Waals surface area contributed by atoms with Gasteiger partial charge >= 0.3 is 6.36 Å². The predicted octanol–water partition coefficient (Wildman–Crippen LogP) is 3.53. The molecule has 0 aliphatic carbocycles. The molecule has 3 aromatic rings. The van der Waals surface area contributed by atoms with Gasteiger partial charge in [0.2, 0.25) is 5.91 Å². The summed E-state index contributed by atoms with van der Waals surface area (Å²) < 4.78 is 41.6. The summed E-state index contributed by atoms with van der Waals surface area (Å²) in [4.78, 5) is 25.6. The van der Waals surface area contributed by atoms with Crippen LogP contribution in [0.4, 0.5) is 18.9 Å². The highest BCUT2D eigenvalue weighted by Crippen LogP contribution is 2.25. The Morgan fingerprint density at radius 2 is 1.76 bits per heavy atom. The number of carbonyl (C=O) groups excluding carboxylic acids is 1. The van der Waals surface area contributed by atoms with Crippen molar-refractivity contribution in [2.75, 3.05) is 5.32 Å². The van der Waals surface area contributed by atoms with Crippen molar-refractivity contribution >= 4 is 22.5 Å². The first-order chi connectivity index (χ1) is 13.7. The molecule has 2 aromatic carbocycles. The third kappa shape index (κ3) is 4.71. The second-order valence-electron chi connectivity index (χ2n) is 6.61. The first kappa shape index (κ1) is 20.3. The summed E-state index contributed by atoms with van der Waals surface area (Å²) in [5.74, 6) is -1.26. The molecule has 0 saturated carbocycles. The summed E-state index contributed by atoms with van der Waals surface area (Å²) in [6.45, 7) is 3.49. The van der Waals surface area contributed by atoms with E-state index in [9.17, 15) is 22.8 Å². The van der Waals surface area contributed by atoms with Gasteiger partial charge in [-0.05, 0) is 42.3 Å². The van der Waals surface area contributed by atoms with E-state index in [1.54, 1.807) is 38.1 Å². The Labute approximate surface area is 163 Å². The highest BCUT2D eigenvalue weighted by Gasteiger charge is 2.31. The van der Waals surface area contributed by atoms with E-state index >= 15 is 0 Å². The number of ether oxygens (including phenoxy) is 1. The van der Waals surface area contributed by atoms with Gasteiger partial charge in [-0.25, -0.2) is 0 Å². The molecule has 1 heterocycles. The average molecular weight is 406 g/mol. The fourth-order valence-corrected chi connectivity index (χ4v) is 2.84. The maximum Gasteiger partial charge on any atom is 0.573 e. The van der Waals surface area contributed by atoms with Crippen LogP contribution in [0.1, 0.15) is 19.9 Å². The lowest BCUT2D eigenvalue weighted by atomic mass is 10.0. The summed E-state index contributed by atoms with van der Waals surface area (Å²) in [6.07, 6.45) is -4.80. The van der Waals surface area contributed by atoms with Crippen LogP contribution in [-0.2, 0) is 4.79 Å². The summed E-state index contributed by atoms with van der Waals surface area (Å²) in [7, 11) is 0. The molecule has 0 aliphatic rings. The van der Waals surface area contributed by atoms with E-state index in [2.05, 4.69) is 20.4 Å². The third-order valence-electron chi connectivity index (χ3n) is 4.11. The number of hydrogen-bond acceptors (Lipinski definition) is 5. The molecular weight excluding hydrogens is 389 g/mol. The number of aromatic nitrogens is 3. The molecule has 10 heteroatoms. The lowest BCUT2D eigenvalue weighted by Crippen LogP contribution is -2.38. The van der Waals surface area contributed by atoms with Crippen molar-refractivity contribution in [3.05, 3.63) is 58.9 Å². The maximum absolute atomic E-state index is 12.8. The zero-order chi connectivity index (χ0) is 21.2. The molecule has 0 fully saturated rings. The van der Waals surface area contributed by atoms with Gasteiger partial charge in [-0.15, -0.1) is 18.3 Å². The quantitative estimate of drug-likeness (QED) is 0.701. The summed E-state index contributed by atoms with van der Waals surface area (Å²) in [6, 6.07) is 10.4. The molecule has 3 rings (SSSR count). The molecule has 7 nitrogen and oxygen atoms in total. The molecule has 29 heavy (non-hydrogen) atoms. The van der Waals surface area contributed by atoms with Gasteiger partial charge < -0.3 is 10.1 Å². The van der Waals surface area contributed by atoms with Crippen molar-refractivity contribution in [3.63, 3.8) is 0 Å². The van der Waals surface area contributed by atoms with Crippen molar-refractivity contribution in [2.24, 2.45) is 5.92 Å². The Hall–Kier alpha value is -3.43. The predicted molar refractivity (Wildman–Crippen MR) is 99.4 cm³/mol.